The molecule has 3 N–H and O–H groups in total. The van der Waals surface area contributed by atoms with Gasteiger partial charge in [-0.3, -0.25) is 14.5 Å². The Morgan fingerprint density at radius 3 is 2.41 bits per heavy atom. The van der Waals surface area contributed by atoms with Crippen LogP contribution in [0, 0.1) is 5.82 Å². The van der Waals surface area contributed by atoms with Crippen LogP contribution in [0.2, 0.25) is 0 Å². The number of amides is 2. The van der Waals surface area contributed by atoms with Crippen LogP contribution in [0.25, 0.3) is 22.2 Å². The largest absolute Gasteiger partial charge is 0.381 e. The van der Waals surface area contributed by atoms with Crippen LogP contribution in [-0.2, 0) is 46.9 Å². The monoisotopic (exact) mass is 698 g/mol. The van der Waals surface area contributed by atoms with Crippen LogP contribution >= 0.6 is 0 Å². The fourth-order valence-electron chi connectivity index (χ4n) is 6.90. The number of carbonyl (C=O) groups excluding carboxylic acids is 2. The van der Waals surface area contributed by atoms with Crippen molar-refractivity contribution in [2.45, 2.75) is 78.2 Å². The molecule has 0 atom stereocenters. The molecule has 0 radical (unpaired) electrons. The summed E-state index contributed by atoms with van der Waals surface area (Å²) >= 11 is 0. The number of carbonyl (C=O) groups is 2. The van der Waals surface area contributed by atoms with Crippen LogP contribution in [0.3, 0.4) is 0 Å². The van der Waals surface area contributed by atoms with E-state index in [4.69, 9.17) is 9.72 Å². The van der Waals surface area contributed by atoms with Crippen LogP contribution < -0.4 is 16.0 Å². The van der Waals surface area contributed by atoms with Crippen molar-refractivity contribution >= 4 is 28.5 Å². The van der Waals surface area contributed by atoms with Crippen LogP contribution in [0.1, 0.15) is 61.9 Å². The number of pyridine rings is 1. The Balaban J connectivity index is 1.03. The average molecular weight is 699 g/mol. The summed E-state index contributed by atoms with van der Waals surface area (Å²) in [5.74, 6) is -0.755. The van der Waals surface area contributed by atoms with Crippen LogP contribution in [-0.4, -0.2) is 88.9 Å². The summed E-state index contributed by atoms with van der Waals surface area (Å²) in [7, 11) is 2.14. The van der Waals surface area contributed by atoms with Gasteiger partial charge in [-0.2, -0.15) is 5.10 Å². The Labute approximate surface area is 299 Å². The lowest BCUT2D eigenvalue weighted by Crippen LogP contribution is -2.43. The predicted octanol–water partition coefficient (Wildman–Crippen LogP) is 4.87. The van der Waals surface area contributed by atoms with E-state index in [9.17, 15) is 9.59 Å². The van der Waals surface area contributed by atoms with Crippen molar-refractivity contribution in [1.29, 1.82) is 0 Å². The standard InChI is InChI=1S/C39H51FN8O3/c1-4-35-32(38(44-30-13-19-51-20-14-30)33-25-43-48(5-2)39(33)45-35)24-42-37(50)12-11-36(49)41-23-27-9-10-34(40)31(22-27)29-8-6-7-28(21-29)26-47-17-15-46(3)16-18-47/h6-10,21-22,25,30H,4-5,11-20,23-24,26H2,1-3H3,(H,41,49)(H,42,50)(H,44,45). The zero-order valence-electron chi connectivity index (χ0n) is 30.1. The second-order valence-electron chi connectivity index (χ2n) is 13.6. The van der Waals surface area contributed by atoms with E-state index in [1.165, 1.54) is 6.07 Å². The molecule has 2 aliphatic heterocycles. The fraction of sp³-hybridized carbons (Fsp3) is 0.487. The number of nitrogens with one attached hydrogen (secondary N) is 3. The van der Waals surface area contributed by atoms with Crippen molar-refractivity contribution in [3.63, 3.8) is 0 Å². The van der Waals surface area contributed by atoms with E-state index in [1.54, 1.807) is 12.1 Å². The van der Waals surface area contributed by atoms with E-state index in [-0.39, 0.29) is 43.1 Å². The van der Waals surface area contributed by atoms with Gasteiger partial charge in [0.2, 0.25) is 11.8 Å². The molecule has 2 aromatic heterocycles. The maximum Gasteiger partial charge on any atom is 0.220 e. The first-order valence-corrected chi connectivity index (χ1v) is 18.3. The zero-order chi connectivity index (χ0) is 35.7. The number of hydrogen-bond acceptors (Lipinski definition) is 8. The van der Waals surface area contributed by atoms with Gasteiger partial charge in [-0.15, -0.1) is 0 Å². The lowest BCUT2D eigenvalue weighted by molar-refractivity contribution is -0.126. The van der Waals surface area contributed by atoms with Crippen LogP contribution in [0.4, 0.5) is 10.1 Å². The molecular formula is C39H51FN8O3. The Bertz CT molecular complexity index is 1810. The number of halogens is 1. The third-order valence-electron chi connectivity index (χ3n) is 9.98. The number of ether oxygens (including phenoxy) is 1. The minimum absolute atomic E-state index is 0.0442. The number of nitrogens with zero attached hydrogens (tertiary/aromatic N) is 5. The first-order valence-electron chi connectivity index (χ1n) is 18.3. The molecule has 2 aliphatic rings. The van der Waals surface area contributed by atoms with Crippen molar-refractivity contribution in [2.24, 2.45) is 0 Å². The molecule has 0 saturated carbocycles. The van der Waals surface area contributed by atoms with Crippen molar-refractivity contribution in [1.82, 2.24) is 35.2 Å². The van der Waals surface area contributed by atoms with Gasteiger partial charge in [0.25, 0.3) is 0 Å². The van der Waals surface area contributed by atoms with Gasteiger partial charge in [0, 0.05) is 101 Å². The molecule has 0 bridgehead atoms. The van der Waals surface area contributed by atoms with E-state index in [0.717, 1.165) is 90.2 Å². The number of benzene rings is 2. The second-order valence-corrected chi connectivity index (χ2v) is 13.6. The third kappa shape index (κ3) is 9.29. The predicted molar refractivity (Wildman–Crippen MR) is 198 cm³/mol. The quantitative estimate of drug-likeness (QED) is 0.171. The summed E-state index contributed by atoms with van der Waals surface area (Å²) in [6.07, 6.45) is 4.44. The third-order valence-corrected chi connectivity index (χ3v) is 9.98. The Hall–Kier alpha value is -4.39. The average Bonchev–Trinajstić information content (AvgIpc) is 3.57. The molecule has 12 heteroatoms. The molecule has 51 heavy (non-hydrogen) atoms. The molecule has 4 heterocycles. The van der Waals surface area contributed by atoms with Gasteiger partial charge in [0.15, 0.2) is 5.65 Å². The molecule has 2 amide bonds. The Morgan fingerprint density at radius 1 is 0.941 bits per heavy atom. The maximum atomic E-state index is 15.0. The van der Waals surface area contributed by atoms with Gasteiger partial charge in [-0.1, -0.05) is 31.2 Å². The van der Waals surface area contributed by atoms with Crippen molar-refractivity contribution in [3.05, 3.63) is 76.9 Å². The maximum absolute atomic E-state index is 15.0. The molecular weight excluding hydrogens is 647 g/mol. The van der Waals surface area contributed by atoms with E-state index >= 15 is 4.39 Å². The van der Waals surface area contributed by atoms with Crippen molar-refractivity contribution in [3.8, 4) is 11.1 Å². The molecule has 0 spiro atoms. The summed E-state index contributed by atoms with van der Waals surface area (Å²) < 4.78 is 22.5. The van der Waals surface area contributed by atoms with E-state index in [1.807, 2.05) is 29.9 Å². The second kappa shape index (κ2) is 17.2. The minimum atomic E-state index is -0.301. The highest BCUT2D eigenvalue weighted by molar-refractivity contribution is 5.92. The van der Waals surface area contributed by atoms with Gasteiger partial charge >= 0.3 is 0 Å². The van der Waals surface area contributed by atoms with Gasteiger partial charge < -0.3 is 25.6 Å². The number of piperazine rings is 1. The van der Waals surface area contributed by atoms with Crippen LogP contribution in [0.15, 0.2) is 48.7 Å². The lowest BCUT2D eigenvalue weighted by Gasteiger charge is -2.32. The summed E-state index contributed by atoms with van der Waals surface area (Å²) in [6.45, 7) is 11.7. The highest BCUT2D eigenvalue weighted by Crippen LogP contribution is 2.31. The summed E-state index contributed by atoms with van der Waals surface area (Å²) in [6, 6.07) is 13.2. The molecule has 11 nitrogen and oxygen atoms in total. The van der Waals surface area contributed by atoms with Crippen molar-refractivity contribution in [2.75, 3.05) is 51.8 Å². The number of fused-ring (bicyclic) bond motifs is 1. The normalized spacial score (nSPS) is 16.0. The minimum Gasteiger partial charge on any atom is -0.381 e. The van der Waals surface area contributed by atoms with E-state index < -0.39 is 0 Å². The molecule has 2 saturated heterocycles. The molecule has 272 valence electrons. The Kier molecular flexibility index (Phi) is 12.3. The molecule has 6 rings (SSSR count). The molecule has 0 aliphatic carbocycles. The van der Waals surface area contributed by atoms with Crippen LogP contribution in [0.5, 0.6) is 0 Å². The van der Waals surface area contributed by atoms with Gasteiger partial charge in [-0.05, 0) is 68.1 Å². The molecule has 0 unspecified atom stereocenters. The lowest BCUT2D eigenvalue weighted by atomic mass is 10.00. The smallest absolute Gasteiger partial charge is 0.220 e. The van der Waals surface area contributed by atoms with Crippen molar-refractivity contribution < 1.29 is 18.7 Å². The first kappa shape index (κ1) is 36.4. The number of rotatable bonds is 14. The molecule has 2 aromatic carbocycles. The fourth-order valence-corrected chi connectivity index (χ4v) is 6.90. The highest BCUT2D eigenvalue weighted by atomic mass is 19.1. The number of aromatic nitrogens is 3. The highest BCUT2D eigenvalue weighted by Gasteiger charge is 2.22. The van der Waals surface area contributed by atoms with E-state index in [0.29, 0.717) is 38.3 Å². The topological polar surface area (TPSA) is 117 Å². The number of aryl methyl sites for hydroxylation is 2. The van der Waals surface area contributed by atoms with Gasteiger partial charge in [-0.25, -0.2) is 14.1 Å². The van der Waals surface area contributed by atoms with Gasteiger partial charge in [0.1, 0.15) is 5.82 Å². The summed E-state index contributed by atoms with van der Waals surface area (Å²) in [5, 5.41) is 15.2. The number of hydrogen-bond donors (Lipinski definition) is 3. The van der Waals surface area contributed by atoms with E-state index in [2.05, 4.69) is 57.0 Å². The SMILES string of the molecule is CCc1nc2c(cnn2CC)c(NC2CCOCC2)c1CNC(=O)CCC(=O)NCc1ccc(F)c(-c2cccc(CN3CCN(C)CC3)c2)c1. The summed E-state index contributed by atoms with van der Waals surface area (Å²) in [4.78, 5) is 35.5. The molecule has 4 aromatic rings. The first-order chi connectivity index (χ1) is 24.8. The Morgan fingerprint density at radius 2 is 1.69 bits per heavy atom. The zero-order valence-corrected chi connectivity index (χ0v) is 30.1. The van der Waals surface area contributed by atoms with Gasteiger partial charge in [0.05, 0.1) is 17.3 Å². The summed E-state index contributed by atoms with van der Waals surface area (Å²) in [5.41, 5.74) is 6.91. The number of likely N-dealkylation sites (N-methyl/N-ethyl adjacent to an activating group) is 1. The molecule has 2 fully saturated rings. The number of anilines is 1.